The molecule has 0 aromatic heterocycles. The van der Waals surface area contributed by atoms with E-state index in [0.717, 1.165) is 5.56 Å². The Hall–Kier alpha value is -1.31. The van der Waals surface area contributed by atoms with Crippen LogP contribution >= 0.6 is 0 Å². The summed E-state index contributed by atoms with van der Waals surface area (Å²) in [5.74, 6) is 0. The normalized spacial score (nSPS) is 8.86. The molecule has 0 heterocycles. The fourth-order valence-electron chi connectivity index (χ4n) is 0.862. The van der Waals surface area contributed by atoms with E-state index in [2.05, 4.69) is 5.16 Å². The minimum Gasteiger partial charge on any atom is -0.748 e. The summed E-state index contributed by atoms with van der Waals surface area (Å²) >= 11 is 0. The summed E-state index contributed by atoms with van der Waals surface area (Å²) in [6.07, 6.45) is 1.39. The smallest absolute Gasteiger partial charge is 0.0181 e. The van der Waals surface area contributed by atoms with Gasteiger partial charge in [0, 0.05) is 23.3 Å². The van der Waals surface area contributed by atoms with E-state index < -0.39 is 0 Å². The van der Waals surface area contributed by atoms with Gasteiger partial charge in [-0.2, -0.15) is 12.1 Å². The van der Waals surface area contributed by atoms with Crippen LogP contribution in [0.3, 0.4) is 0 Å². The van der Waals surface area contributed by atoms with E-state index in [0.29, 0.717) is 0 Å². The maximum absolute atomic E-state index is 8.01. The Morgan fingerprint density at radius 3 is 1.79 bits per heavy atom. The second-order valence-electron chi connectivity index (χ2n) is 2.43. The molecule has 2 nitrogen and oxygen atoms in total. The molecular formula is C11H11FeNO-6. The third-order valence-electron chi connectivity index (χ3n) is 1.45. The summed E-state index contributed by atoms with van der Waals surface area (Å²) in [5, 5.41) is 10.9. The van der Waals surface area contributed by atoms with Gasteiger partial charge in [-0.25, -0.2) is 12.1 Å². The fraction of sp³-hybridized carbons (Fsp3) is 0. The zero-order valence-electron chi connectivity index (χ0n) is 7.52. The first-order valence-corrected chi connectivity index (χ1v) is 3.99. The third kappa shape index (κ3) is 5.36. The van der Waals surface area contributed by atoms with Crippen LogP contribution in [0.4, 0.5) is 0 Å². The number of rotatable bonds is 1. The van der Waals surface area contributed by atoms with Gasteiger partial charge in [-0.3, -0.25) is 0 Å². The molecule has 0 fully saturated rings. The summed E-state index contributed by atoms with van der Waals surface area (Å²) < 4.78 is 0. The van der Waals surface area contributed by atoms with Crippen LogP contribution in [0.2, 0.25) is 0 Å². The third-order valence-corrected chi connectivity index (χ3v) is 1.45. The molecule has 0 atom stereocenters. The largest absolute Gasteiger partial charge is 0.748 e. The van der Waals surface area contributed by atoms with Crippen LogP contribution in [0.25, 0.3) is 0 Å². The van der Waals surface area contributed by atoms with Crippen LogP contribution in [-0.4, -0.2) is 11.4 Å². The maximum atomic E-state index is 8.01. The predicted octanol–water partition coefficient (Wildman–Crippen LogP) is 2.62. The summed E-state index contributed by atoms with van der Waals surface area (Å²) in [4.78, 5) is 0. The van der Waals surface area contributed by atoms with Gasteiger partial charge in [-0.1, -0.05) is 0 Å². The minimum absolute atomic E-state index is 0. The molecule has 80 valence electrons. The van der Waals surface area contributed by atoms with Gasteiger partial charge < -0.3 is 35.5 Å². The summed E-state index contributed by atoms with van der Waals surface area (Å²) in [6, 6.07) is 17.5. The van der Waals surface area contributed by atoms with Crippen LogP contribution in [0.5, 0.6) is 0 Å². The van der Waals surface area contributed by atoms with Crippen molar-refractivity contribution < 1.29 is 22.3 Å². The van der Waals surface area contributed by atoms with Crippen molar-refractivity contribution in [1.82, 2.24) is 0 Å². The SMILES string of the molecule is ON=C[c-]1cccc1.[Fe].[cH-]1[cH-][cH-][cH-][cH-]1. The van der Waals surface area contributed by atoms with E-state index in [1.807, 2.05) is 54.6 Å². The van der Waals surface area contributed by atoms with E-state index >= 15 is 0 Å². The standard InChI is InChI=1S/C6H6NO.C5H5.Fe/c8-7-5-6-3-1-2-4-6;1-2-4-5-3-1;/h1-5,8H;1-5H;/q-1;-5;. The van der Waals surface area contributed by atoms with Crippen LogP contribution in [0.15, 0.2) is 59.8 Å². The van der Waals surface area contributed by atoms with Crippen LogP contribution in [-0.2, 0) is 17.1 Å². The zero-order chi connectivity index (χ0) is 9.36. The van der Waals surface area contributed by atoms with Gasteiger partial charge in [0.2, 0.25) is 0 Å². The van der Waals surface area contributed by atoms with Crippen LogP contribution < -0.4 is 0 Å². The van der Waals surface area contributed by atoms with E-state index in [9.17, 15) is 0 Å². The van der Waals surface area contributed by atoms with E-state index in [4.69, 9.17) is 5.21 Å². The van der Waals surface area contributed by atoms with Gasteiger partial charge >= 0.3 is 0 Å². The Balaban J connectivity index is 0.000000246. The van der Waals surface area contributed by atoms with Crippen molar-refractivity contribution in [2.45, 2.75) is 0 Å². The molecule has 0 bridgehead atoms. The molecule has 1 N–H and O–H groups in total. The molecule has 0 saturated heterocycles. The molecule has 14 heavy (non-hydrogen) atoms. The molecule has 0 aliphatic carbocycles. The molecule has 2 aromatic carbocycles. The van der Waals surface area contributed by atoms with Gasteiger partial charge in [0.05, 0.1) is 0 Å². The quantitative estimate of drug-likeness (QED) is 0.263. The van der Waals surface area contributed by atoms with Gasteiger partial charge in [0.15, 0.2) is 0 Å². The number of hydrogen-bond acceptors (Lipinski definition) is 2. The van der Waals surface area contributed by atoms with Crippen LogP contribution in [0.1, 0.15) is 5.56 Å². The molecule has 0 unspecified atom stereocenters. The average molecular weight is 229 g/mol. The Labute approximate surface area is 94.1 Å². The van der Waals surface area contributed by atoms with Crippen molar-refractivity contribution in [2.75, 3.05) is 0 Å². The first-order chi connectivity index (χ1) is 6.43. The van der Waals surface area contributed by atoms with Crippen molar-refractivity contribution in [2.24, 2.45) is 5.16 Å². The van der Waals surface area contributed by atoms with Crippen molar-refractivity contribution in [3.8, 4) is 0 Å². The summed E-state index contributed by atoms with van der Waals surface area (Å²) in [7, 11) is 0. The van der Waals surface area contributed by atoms with E-state index in [1.165, 1.54) is 6.21 Å². The first kappa shape index (κ1) is 12.7. The minimum atomic E-state index is 0. The molecule has 0 radical (unpaired) electrons. The maximum Gasteiger partial charge on any atom is 0.0181 e. The Morgan fingerprint density at radius 2 is 1.43 bits per heavy atom. The Kier molecular flexibility index (Phi) is 7.52. The summed E-state index contributed by atoms with van der Waals surface area (Å²) in [6.45, 7) is 0. The van der Waals surface area contributed by atoms with E-state index in [1.54, 1.807) is 0 Å². The van der Waals surface area contributed by atoms with Gasteiger partial charge in [0.1, 0.15) is 0 Å². The molecule has 2 rings (SSSR count). The second-order valence-corrected chi connectivity index (χ2v) is 2.43. The molecule has 0 saturated carbocycles. The average Bonchev–Trinajstić information content (AvgIpc) is 2.79. The molecule has 0 spiro atoms. The van der Waals surface area contributed by atoms with Crippen LogP contribution in [0, 0.1) is 0 Å². The number of oxime groups is 1. The Morgan fingerprint density at radius 1 is 1.00 bits per heavy atom. The number of hydrogen-bond donors (Lipinski definition) is 1. The molecule has 0 amide bonds. The van der Waals surface area contributed by atoms with Crippen molar-refractivity contribution in [3.05, 3.63) is 60.2 Å². The molecule has 2 aromatic rings. The van der Waals surface area contributed by atoms with E-state index in [-0.39, 0.29) is 17.1 Å². The van der Waals surface area contributed by atoms with Crippen molar-refractivity contribution >= 4 is 6.21 Å². The second kappa shape index (κ2) is 8.30. The molecule has 0 aliphatic heterocycles. The van der Waals surface area contributed by atoms with Gasteiger partial charge in [-0.15, -0.1) is 10.7 Å². The number of nitrogens with zero attached hydrogens (tertiary/aromatic N) is 1. The van der Waals surface area contributed by atoms with Gasteiger partial charge in [-0.05, 0) is 0 Å². The van der Waals surface area contributed by atoms with Crippen molar-refractivity contribution in [1.29, 1.82) is 0 Å². The molecule has 0 aliphatic rings. The first-order valence-electron chi connectivity index (χ1n) is 3.99. The molecule has 3 heteroatoms. The van der Waals surface area contributed by atoms with Crippen molar-refractivity contribution in [3.63, 3.8) is 0 Å². The zero-order valence-corrected chi connectivity index (χ0v) is 8.63. The summed E-state index contributed by atoms with van der Waals surface area (Å²) in [5.41, 5.74) is 0.924. The Bertz CT molecular complexity index is 294. The molecular weight excluding hydrogens is 218 g/mol. The predicted molar refractivity (Wildman–Crippen MR) is 53.5 cm³/mol. The monoisotopic (exact) mass is 229 g/mol. The topological polar surface area (TPSA) is 32.6 Å². The van der Waals surface area contributed by atoms with Gasteiger partial charge in [0.25, 0.3) is 0 Å². The fourth-order valence-corrected chi connectivity index (χ4v) is 0.862.